The summed E-state index contributed by atoms with van der Waals surface area (Å²) in [5.41, 5.74) is 1.09. The number of Topliss-reactive ketones (excluding diaryl/α,β-unsaturated/α-hetero) is 2. The van der Waals surface area contributed by atoms with Crippen molar-refractivity contribution in [3.05, 3.63) is 119 Å². The fourth-order valence-electron chi connectivity index (χ4n) is 5.27. The number of ketones is 2. The summed E-state index contributed by atoms with van der Waals surface area (Å²) in [5, 5.41) is 7.53. The molecule has 0 aliphatic heterocycles. The molecule has 0 spiro atoms. The van der Waals surface area contributed by atoms with Crippen LogP contribution in [0.15, 0.2) is 105 Å². The molecule has 0 atom stereocenters. The molecule has 6 rings (SSSR count). The Morgan fingerprint density at radius 2 is 0.911 bits per heavy atom. The summed E-state index contributed by atoms with van der Waals surface area (Å²) in [7, 11) is -20.8. The van der Waals surface area contributed by atoms with E-state index >= 15 is 0 Å². The largest absolute Gasteiger partial charge is 0.744 e. The summed E-state index contributed by atoms with van der Waals surface area (Å²) < 4.78 is 144. The highest BCUT2D eigenvalue weighted by Gasteiger charge is 2.30. The molecule has 56 heavy (non-hydrogen) atoms. The van der Waals surface area contributed by atoms with Crippen LogP contribution in [0.4, 0.5) is 11.4 Å². The first-order valence-electron chi connectivity index (χ1n) is 15.0. The Kier molecular flexibility index (Phi) is 10.3. The van der Waals surface area contributed by atoms with E-state index < -0.39 is 94.5 Å². The van der Waals surface area contributed by atoms with Gasteiger partial charge in [-0.1, -0.05) is 24.3 Å². The summed E-state index contributed by atoms with van der Waals surface area (Å²) in [6.45, 7) is 0. The lowest BCUT2D eigenvalue weighted by Gasteiger charge is -2.19. The Hall–Kier alpha value is -6.12. The molecule has 20 nitrogen and oxygen atoms in total. The van der Waals surface area contributed by atoms with Gasteiger partial charge < -0.3 is 18.2 Å². The van der Waals surface area contributed by atoms with Crippen LogP contribution in [0.3, 0.4) is 0 Å². The average Bonchev–Trinajstić information content (AvgIpc) is 3.12. The predicted molar refractivity (Wildman–Crippen MR) is 192 cm³/mol. The first-order valence-corrected chi connectivity index (χ1v) is 20.7. The molecule has 2 aliphatic rings. The van der Waals surface area contributed by atoms with E-state index in [1.54, 1.807) is 0 Å². The zero-order valence-electron chi connectivity index (χ0n) is 27.4. The van der Waals surface area contributed by atoms with Gasteiger partial charge in [-0.05, 0) is 71.8 Å². The number of fused-ring (bicyclic) bond motifs is 2. The van der Waals surface area contributed by atoms with Crippen molar-refractivity contribution in [2.75, 3.05) is 10.9 Å². The number of hydrazone groups is 2. The van der Waals surface area contributed by atoms with Crippen LogP contribution in [0.1, 0.15) is 43.2 Å². The van der Waals surface area contributed by atoms with E-state index in [0.29, 0.717) is 12.2 Å². The van der Waals surface area contributed by atoms with Gasteiger partial charge in [0.2, 0.25) is 11.6 Å². The topological polar surface area (TPSA) is 337 Å². The normalized spacial score (nSPS) is 16.4. The predicted octanol–water partition coefficient (Wildman–Crippen LogP) is 1.56. The third-order valence-corrected chi connectivity index (χ3v) is 11.3. The number of rotatable bonds is 10. The van der Waals surface area contributed by atoms with Crippen LogP contribution >= 0.6 is 0 Å². The van der Waals surface area contributed by atoms with E-state index in [1.807, 2.05) is 0 Å². The summed E-state index contributed by atoms with van der Waals surface area (Å²) in [4.78, 5) is 30.0. The minimum Gasteiger partial charge on any atom is -0.744 e. The van der Waals surface area contributed by atoms with E-state index in [-0.39, 0.29) is 33.6 Å². The molecule has 4 aromatic rings. The van der Waals surface area contributed by atoms with Crippen LogP contribution in [0.5, 0.6) is 0 Å². The zero-order chi connectivity index (χ0) is 40.8. The minimum absolute atomic E-state index is 0.214. The van der Waals surface area contributed by atoms with Crippen LogP contribution in [0.25, 0.3) is 22.0 Å². The smallest absolute Gasteiger partial charge is 0.232 e. The van der Waals surface area contributed by atoms with Crippen molar-refractivity contribution in [3.8, 4) is 0 Å². The maximum Gasteiger partial charge on any atom is 0.232 e. The molecule has 2 heterocycles. The molecular formula is C32H18N6O14S4-4. The first kappa shape index (κ1) is 39.6. The second-order valence-corrected chi connectivity index (χ2v) is 16.7. The quantitative estimate of drug-likeness (QED) is 0.130. The second kappa shape index (κ2) is 14.5. The highest BCUT2D eigenvalue weighted by Crippen LogP contribution is 2.30. The summed E-state index contributed by atoms with van der Waals surface area (Å²) >= 11 is 0. The van der Waals surface area contributed by atoms with Gasteiger partial charge in [0.15, 0.2) is 0 Å². The van der Waals surface area contributed by atoms with E-state index in [1.165, 1.54) is 48.8 Å². The number of hydrogen-bond donors (Lipinski definition) is 2. The highest BCUT2D eigenvalue weighted by atomic mass is 32.2. The summed E-state index contributed by atoms with van der Waals surface area (Å²) in [6.07, 6.45) is 5.72. The van der Waals surface area contributed by atoms with Gasteiger partial charge in [0, 0.05) is 23.5 Å². The van der Waals surface area contributed by atoms with E-state index in [0.717, 1.165) is 36.4 Å². The molecule has 0 saturated carbocycles. The molecule has 2 aromatic carbocycles. The molecular weight excluding hydrogens is 821 g/mol. The molecule has 2 N–H and O–H groups in total. The molecule has 2 aromatic heterocycles. The number of pyridine rings is 2. The van der Waals surface area contributed by atoms with Crippen LogP contribution in [0.2, 0.25) is 0 Å². The number of benzene rings is 2. The minimum atomic E-state index is -5.28. The van der Waals surface area contributed by atoms with Crippen molar-refractivity contribution >= 4 is 96.8 Å². The Bertz CT molecular complexity index is 2810. The Balaban J connectivity index is 1.30. The Morgan fingerprint density at radius 3 is 1.25 bits per heavy atom. The van der Waals surface area contributed by atoms with Crippen molar-refractivity contribution in [1.82, 2.24) is 9.97 Å². The molecule has 0 bridgehead atoms. The van der Waals surface area contributed by atoms with Crippen LogP contribution in [0, 0.1) is 0 Å². The lowest BCUT2D eigenvalue weighted by Crippen LogP contribution is -2.24. The lowest BCUT2D eigenvalue weighted by molar-refractivity contribution is 0.105. The van der Waals surface area contributed by atoms with E-state index in [2.05, 4.69) is 31.0 Å². The fourth-order valence-corrected chi connectivity index (χ4v) is 8.04. The monoisotopic (exact) mass is 838 g/mol. The van der Waals surface area contributed by atoms with Gasteiger partial charge in [-0.3, -0.25) is 30.4 Å². The van der Waals surface area contributed by atoms with Gasteiger partial charge in [-0.15, -0.1) is 0 Å². The van der Waals surface area contributed by atoms with Crippen LogP contribution < -0.4 is 10.9 Å². The van der Waals surface area contributed by atoms with Crippen molar-refractivity contribution in [3.63, 3.8) is 0 Å². The van der Waals surface area contributed by atoms with Crippen LogP contribution in [-0.4, -0.2) is 84.8 Å². The number of anilines is 2. The zero-order valence-corrected chi connectivity index (χ0v) is 30.6. The number of carbonyl (C=O) groups is 2. The first-order chi connectivity index (χ1) is 26.1. The summed E-state index contributed by atoms with van der Waals surface area (Å²) in [6, 6.07) is 11.1. The molecule has 0 unspecified atom stereocenters. The van der Waals surface area contributed by atoms with Gasteiger partial charge >= 0.3 is 0 Å². The number of allylic oxidation sites excluding steroid dienone is 2. The molecule has 0 amide bonds. The third-order valence-electron chi connectivity index (χ3n) is 7.74. The lowest BCUT2D eigenvalue weighted by atomic mass is 10.00. The molecule has 288 valence electrons. The molecule has 2 aliphatic carbocycles. The van der Waals surface area contributed by atoms with Crippen molar-refractivity contribution in [2.24, 2.45) is 10.2 Å². The number of hydrogen-bond acceptors (Lipinski definition) is 20. The van der Waals surface area contributed by atoms with Gasteiger partial charge in [0.1, 0.15) is 63.3 Å². The second-order valence-electron chi connectivity index (χ2n) is 11.3. The van der Waals surface area contributed by atoms with Crippen molar-refractivity contribution in [1.29, 1.82) is 0 Å². The van der Waals surface area contributed by atoms with Crippen molar-refractivity contribution < 1.29 is 61.5 Å². The number of aromatic nitrogens is 2. The van der Waals surface area contributed by atoms with E-state index in [4.69, 9.17) is 0 Å². The maximum absolute atomic E-state index is 12.9. The Morgan fingerprint density at radius 1 is 0.536 bits per heavy atom. The molecule has 24 heteroatoms. The Labute approximate surface area is 316 Å². The fraction of sp³-hybridized carbons (Fsp3) is 0. The van der Waals surface area contributed by atoms with E-state index in [9.17, 15) is 61.5 Å². The van der Waals surface area contributed by atoms with Gasteiger partial charge in [-0.2, -0.15) is 10.2 Å². The van der Waals surface area contributed by atoms with Gasteiger partial charge in [0.25, 0.3) is 0 Å². The van der Waals surface area contributed by atoms with Crippen molar-refractivity contribution in [2.45, 2.75) is 9.79 Å². The SMILES string of the molecule is O=C1/C(=N\Nc2ccc(/C=C/c3ccc(N/N=C4\C=C(S(=O)(=O)[O-])c5cccnc5C4=O)cc3S(=O)(=O)[O-])c(S(=O)(=O)[O-])c2)C=C(S(=O)(=O)[O-])c2cccnc21. The van der Waals surface area contributed by atoms with Crippen LogP contribution in [-0.2, 0) is 40.5 Å². The average molecular weight is 839 g/mol. The third kappa shape index (κ3) is 8.26. The number of carbonyl (C=O) groups excluding carboxylic acids is 2. The van der Waals surface area contributed by atoms with Gasteiger partial charge in [0.05, 0.1) is 31.0 Å². The summed E-state index contributed by atoms with van der Waals surface area (Å²) in [5.74, 6) is -1.78. The standard InChI is InChI=1S/C32H22N6O14S4/c39-31-23(15-27(55(47,48)49)21-3-1-11-33-29(21)31)37-35-19-9-7-17(25(13-19)53(41,42)43)5-6-18-8-10-20(14-26(18)54(44,45)46)36-38-24-16-28(56(50,51)52)22-4-2-12-34-30(22)32(24)40/h1-16,35-36H,(H,41,42,43)(H,44,45,46)(H,47,48,49)(H,50,51,52)/p-4/b6-5+,37-23-,38-24+. The maximum atomic E-state index is 12.9. The molecule has 0 saturated heterocycles. The highest BCUT2D eigenvalue weighted by molar-refractivity contribution is 7.95. The molecule has 0 fully saturated rings. The van der Waals surface area contributed by atoms with Gasteiger partial charge in [-0.25, -0.2) is 33.7 Å². The number of nitrogens with one attached hydrogen (secondary N) is 2. The number of nitrogens with zero attached hydrogens (tertiary/aromatic N) is 4. The molecule has 0 radical (unpaired) electrons.